The number of benzene rings is 2. The summed E-state index contributed by atoms with van der Waals surface area (Å²) in [5, 5.41) is 0. The second kappa shape index (κ2) is 10.3. The van der Waals surface area contributed by atoms with Crippen LogP contribution in [0.15, 0.2) is 67.4 Å². The maximum atomic E-state index is 6.31. The highest BCUT2D eigenvalue weighted by Crippen LogP contribution is 2.32. The highest BCUT2D eigenvalue weighted by Gasteiger charge is 2.25. The van der Waals surface area contributed by atoms with Crippen LogP contribution in [0.2, 0.25) is 0 Å². The second-order valence-corrected chi connectivity index (χ2v) is 10.3. The lowest BCUT2D eigenvalue weighted by Gasteiger charge is -2.36. The van der Waals surface area contributed by atoms with Gasteiger partial charge in [0.25, 0.3) is 0 Å². The zero-order chi connectivity index (χ0) is 26.9. The minimum atomic E-state index is 0.384. The van der Waals surface area contributed by atoms with Crippen LogP contribution in [0.4, 0.5) is 5.82 Å². The lowest BCUT2D eigenvalue weighted by molar-refractivity contribution is 0.135. The molecule has 9 nitrogen and oxygen atoms in total. The average molecular weight is 522 g/mol. The van der Waals surface area contributed by atoms with Crippen molar-refractivity contribution in [3.63, 3.8) is 0 Å². The van der Waals surface area contributed by atoms with Crippen molar-refractivity contribution in [2.75, 3.05) is 25.9 Å². The van der Waals surface area contributed by atoms with Gasteiger partial charge in [0.05, 0.1) is 5.52 Å². The van der Waals surface area contributed by atoms with E-state index in [4.69, 9.17) is 15.2 Å². The Bertz CT molecular complexity index is 1610. The number of likely N-dealkylation sites (tertiary alicyclic amines) is 1. The summed E-state index contributed by atoms with van der Waals surface area (Å²) in [5.41, 5.74) is 12.2. The van der Waals surface area contributed by atoms with Gasteiger partial charge in [0, 0.05) is 49.0 Å². The molecule has 5 aromatic rings. The Labute approximate surface area is 227 Å². The normalized spacial score (nSPS) is 13.9. The van der Waals surface area contributed by atoms with Crippen molar-refractivity contribution >= 4 is 16.9 Å². The minimum absolute atomic E-state index is 0.384. The fourth-order valence-corrected chi connectivity index (χ4v) is 5.10. The summed E-state index contributed by atoms with van der Waals surface area (Å²) in [7, 11) is 2.15. The van der Waals surface area contributed by atoms with E-state index in [2.05, 4.69) is 42.6 Å². The molecule has 9 heteroatoms. The monoisotopic (exact) mass is 521 g/mol. The fourth-order valence-electron chi connectivity index (χ4n) is 5.10. The maximum Gasteiger partial charge on any atom is 0.151 e. The molecule has 1 fully saturated rings. The first-order chi connectivity index (χ1) is 18.9. The number of fused-ring (bicyclic) bond motifs is 1. The van der Waals surface area contributed by atoms with E-state index in [9.17, 15) is 0 Å². The molecule has 1 aliphatic rings. The van der Waals surface area contributed by atoms with E-state index >= 15 is 0 Å². The average Bonchev–Trinajstić information content (AvgIpc) is 3.27. The number of nitrogen functional groups attached to an aromatic ring is 1. The third-order valence-corrected chi connectivity index (χ3v) is 6.94. The van der Waals surface area contributed by atoms with Crippen molar-refractivity contribution in [2.45, 2.75) is 26.9 Å². The van der Waals surface area contributed by atoms with Gasteiger partial charge < -0.3 is 24.7 Å². The van der Waals surface area contributed by atoms with E-state index in [0.717, 1.165) is 64.7 Å². The Balaban J connectivity index is 1.20. The molecule has 0 atom stereocenters. The SMILES string of the molecule is Cc1cc(OCc2cnc(C)nc2)cc(Oc2ccc(-n3cc(CC4CN(C)C4)c4ncnc(N)c43)cc2)c1. The summed E-state index contributed by atoms with van der Waals surface area (Å²) >= 11 is 0. The van der Waals surface area contributed by atoms with Crippen molar-refractivity contribution in [3.05, 3.63) is 89.9 Å². The smallest absolute Gasteiger partial charge is 0.151 e. The molecule has 0 amide bonds. The Hall–Kier alpha value is -4.50. The third kappa shape index (κ3) is 5.39. The van der Waals surface area contributed by atoms with E-state index in [1.165, 1.54) is 5.56 Å². The van der Waals surface area contributed by atoms with Gasteiger partial charge in [-0.05, 0) is 80.8 Å². The molecule has 0 saturated carbocycles. The molecular weight excluding hydrogens is 490 g/mol. The number of anilines is 1. The highest BCUT2D eigenvalue weighted by molar-refractivity contribution is 5.89. The van der Waals surface area contributed by atoms with Crippen LogP contribution in [0, 0.1) is 19.8 Å². The molecule has 0 radical (unpaired) electrons. The molecule has 0 aliphatic carbocycles. The Morgan fingerprint density at radius 1 is 0.923 bits per heavy atom. The Kier molecular flexibility index (Phi) is 6.58. The van der Waals surface area contributed by atoms with Crippen molar-refractivity contribution in [2.24, 2.45) is 5.92 Å². The van der Waals surface area contributed by atoms with E-state index in [-0.39, 0.29) is 0 Å². The first-order valence-electron chi connectivity index (χ1n) is 13.0. The Morgan fingerprint density at radius 3 is 2.41 bits per heavy atom. The fraction of sp³-hybridized carbons (Fsp3) is 0.267. The molecule has 4 heterocycles. The van der Waals surface area contributed by atoms with E-state index in [1.807, 2.05) is 56.3 Å². The number of aromatic nitrogens is 5. The first-order valence-corrected chi connectivity index (χ1v) is 13.0. The van der Waals surface area contributed by atoms with Crippen molar-refractivity contribution in [3.8, 4) is 22.9 Å². The van der Waals surface area contributed by atoms with Gasteiger partial charge in [0.2, 0.25) is 0 Å². The van der Waals surface area contributed by atoms with Gasteiger partial charge in [-0.15, -0.1) is 0 Å². The summed E-state index contributed by atoms with van der Waals surface area (Å²) in [6.07, 6.45) is 8.22. The van der Waals surface area contributed by atoms with Crippen LogP contribution in [0.25, 0.3) is 16.7 Å². The summed E-state index contributed by atoms with van der Waals surface area (Å²) in [6.45, 7) is 6.46. The number of nitrogens with two attached hydrogens (primary N) is 1. The van der Waals surface area contributed by atoms with Crippen LogP contribution in [0.3, 0.4) is 0 Å². The third-order valence-electron chi connectivity index (χ3n) is 6.94. The van der Waals surface area contributed by atoms with Crippen molar-refractivity contribution < 1.29 is 9.47 Å². The van der Waals surface area contributed by atoms with Crippen LogP contribution in [0.5, 0.6) is 17.2 Å². The summed E-state index contributed by atoms with van der Waals surface area (Å²) in [4.78, 5) is 19.6. The molecule has 6 rings (SSSR count). The predicted octanol–water partition coefficient (Wildman–Crippen LogP) is 4.88. The number of aryl methyl sites for hydroxylation is 2. The Morgan fingerprint density at radius 2 is 1.67 bits per heavy atom. The largest absolute Gasteiger partial charge is 0.489 e. The van der Waals surface area contributed by atoms with Crippen LogP contribution in [0.1, 0.15) is 22.5 Å². The molecule has 2 N–H and O–H groups in total. The lowest BCUT2D eigenvalue weighted by Crippen LogP contribution is -2.44. The summed E-state index contributed by atoms with van der Waals surface area (Å²) < 4.78 is 14.3. The van der Waals surface area contributed by atoms with Crippen LogP contribution in [-0.2, 0) is 13.0 Å². The zero-order valence-electron chi connectivity index (χ0n) is 22.3. The molecule has 1 saturated heterocycles. The van der Waals surface area contributed by atoms with Crippen molar-refractivity contribution in [1.29, 1.82) is 0 Å². The van der Waals surface area contributed by atoms with Crippen LogP contribution in [-0.4, -0.2) is 49.5 Å². The predicted molar refractivity (Wildman–Crippen MR) is 150 cm³/mol. The number of rotatable bonds is 8. The van der Waals surface area contributed by atoms with Gasteiger partial charge in [0.15, 0.2) is 5.82 Å². The molecular formula is C30H31N7O2. The lowest BCUT2D eigenvalue weighted by atomic mass is 9.93. The topological polar surface area (TPSA) is 104 Å². The van der Waals surface area contributed by atoms with Gasteiger partial charge in [-0.3, -0.25) is 0 Å². The summed E-state index contributed by atoms with van der Waals surface area (Å²) in [5.74, 6) is 3.99. The number of hydrogen-bond donors (Lipinski definition) is 1. The zero-order valence-corrected chi connectivity index (χ0v) is 22.3. The quantitative estimate of drug-likeness (QED) is 0.308. The van der Waals surface area contributed by atoms with Gasteiger partial charge >= 0.3 is 0 Å². The van der Waals surface area contributed by atoms with Gasteiger partial charge in [-0.2, -0.15) is 0 Å². The van der Waals surface area contributed by atoms with Gasteiger partial charge in [0.1, 0.15) is 41.5 Å². The molecule has 3 aromatic heterocycles. The molecule has 0 bridgehead atoms. The van der Waals surface area contributed by atoms with Crippen LogP contribution >= 0.6 is 0 Å². The minimum Gasteiger partial charge on any atom is -0.489 e. The van der Waals surface area contributed by atoms with E-state index in [0.29, 0.717) is 24.1 Å². The molecule has 39 heavy (non-hydrogen) atoms. The molecule has 2 aromatic carbocycles. The molecule has 0 unspecified atom stereocenters. The van der Waals surface area contributed by atoms with E-state index < -0.39 is 0 Å². The van der Waals surface area contributed by atoms with Gasteiger partial charge in [-0.25, -0.2) is 19.9 Å². The number of hydrogen-bond acceptors (Lipinski definition) is 8. The molecule has 0 spiro atoms. The number of ether oxygens (including phenoxy) is 2. The van der Waals surface area contributed by atoms with Crippen molar-refractivity contribution in [1.82, 2.24) is 29.4 Å². The van der Waals surface area contributed by atoms with E-state index in [1.54, 1.807) is 18.7 Å². The molecule has 1 aliphatic heterocycles. The molecule has 198 valence electrons. The first kappa shape index (κ1) is 24.8. The second-order valence-electron chi connectivity index (χ2n) is 10.3. The van der Waals surface area contributed by atoms with Gasteiger partial charge in [-0.1, -0.05) is 0 Å². The highest BCUT2D eigenvalue weighted by atomic mass is 16.5. The summed E-state index contributed by atoms with van der Waals surface area (Å²) in [6, 6.07) is 13.8. The standard InChI is InChI=1S/C30H31N7O2/c1-19-8-26(38-17-22-12-32-20(2)33-13-22)11-27(9-19)39-25-6-4-24(5-7-25)37-16-23(10-21-14-36(3)15-21)28-29(37)30(31)35-18-34-28/h4-9,11-13,16,18,21H,10,14-15,17H2,1-3H3,(H2,31,34,35). The maximum absolute atomic E-state index is 6.31. The number of nitrogens with zero attached hydrogens (tertiary/aromatic N) is 6. The van der Waals surface area contributed by atoms with Crippen LogP contribution < -0.4 is 15.2 Å².